The second-order valence-corrected chi connectivity index (χ2v) is 4.87. The van der Waals surface area contributed by atoms with Crippen LogP contribution in [0.4, 0.5) is 0 Å². The van der Waals surface area contributed by atoms with E-state index in [9.17, 15) is 9.90 Å². The maximum atomic E-state index is 11.8. The summed E-state index contributed by atoms with van der Waals surface area (Å²) in [4.78, 5) is 15.8. The molecule has 0 amide bonds. The molecule has 0 aliphatic carbocycles. The van der Waals surface area contributed by atoms with Gasteiger partial charge in [0, 0.05) is 18.0 Å². The van der Waals surface area contributed by atoms with E-state index < -0.39 is 11.4 Å². The predicted octanol–water partition coefficient (Wildman–Crippen LogP) is 2.68. The highest BCUT2D eigenvalue weighted by molar-refractivity contribution is 5.82. The fourth-order valence-corrected chi connectivity index (χ4v) is 2.30. The van der Waals surface area contributed by atoms with Gasteiger partial charge in [0.15, 0.2) is 0 Å². The number of nitrogens with zero attached hydrogens (tertiary/aromatic N) is 1. The molecule has 2 rings (SSSR count). The number of carboxylic acid groups (broad SMARTS) is 1. The van der Waals surface area contributed by atoms with Gasteiger partial charge < -0.3 is 9.84 Å². The van der Waals surface area contributed by atoms with Gasteiger partial charge in [-0.3, -0.25) is 9.78 Å². The Kier molecular flexibility index (Phi) is 4.03. The molecule has 2 aromatic rings. The molecule has 0 saturated heterocycles. The third-order valence-corrected chi connectivity index (χ3v) is 3.48. The van der Waals surface area contributed by atoms with Gasteiger partial charge in [0.2, 0.25) is 0 Å². The largest absolute Gasteiger partial charge is 0.496 e. The summed E-state index contributed by atoms with van der Waals surface area (Å²) in [5, 5.41) is 9.70. The fraction of sp³-hybridized carbons (Fsp3) is 0.250. The summed E-state index contributed by atoms with van der Waals surface area (Å²) >= 11 is 0. The quantitative estimate of drug-likeness (QED) is 0.908. The zero-order valence-electron chi connectivity index (χ0n) is 11.5. The molecule has 1 aromatic carbocycles. The normalized spacial score (nSPS) is 13.5. The average molecular weight is 271 g/mol. The molecule has 4 nitrogen and oxygen atoms in total. The number of carboxylic acids is 1. The van der Waals surface area contributed by atoms with E-state index in [1.165, 1.54) is 0 Å². The van der Waals surface area contributed by atoms with E-state index in [0.717, 1.165) is 5.56 Å². The zero-order chi connectivity index (χ0) is 14.6. The molecule has 1 aromatic heterocycles. The first-order valence-corrected chi connectivity index (χ1v) is 6.33. The molecule has 0 aliphatic heterocycles. The topological polar surface area (TPSA) is 59.4 Å². The molecule has 0 bridgehead atoms. The van der Waals surface area contributed by atoms with Crippen LogP contribution in [0.2, 0.25) is 0 Å². The van der Waals surface area contributed by atoms with Gasteiger partial charge in [-0.2, -0.15) is 0 Å². The van der Waals surface area contributed by atoms with Crippen LogP contribution in [-0.4, -0.2) is 23.2 Å². The van der Waals surface area contributed by atoms with Crippen molar-refractivity contribution < 1.29 is 14.6 Å². The van der Waals surface area contributed by atoms with Crippen molar-refractivity contribution in [3.05, 3.63) is 59.9 Å². The van der Waals surface area contributed by atoms with E-state index in [-0.39, 0.29) is 0 Å². The Balaban J connectivity index is 2.47. The number of rotatable bonds is 5. The molecule has 4 heteroatoms. The molecule has 0 spiro atoms. The van der Waals surface area contributed by atoms with E-state index in [2.05, 4.69) is 4.98 Å². The van der Waals surface area contributed by atoms with Crippen molar-refractivity contribution in [2.45, 2.75) is 18.8 Å². The lowest BCUT2D eigenvalue weighted by atomic mass is 9.77. The second kappa shape index (κ2) is 5.74. The van der Waals surface area contributed by atoms with Crippen LogP contribution in [0.3, 0.4) is 0 Å². The molecule has 0 aliphatic rings. The third-order valence-electron chi connectivity index (χ3n) is 3.48. The first kappa shape index (κ1) is 14.1. The molecular weight excluding hydrogens is 254 g/mol. The molecule has 1 atom stereocenters. The zero-order valence-corrected chi connectivity index (χ0v) is 11.5. The van der Waals surface area contributed by atoms with Gasteiger partial charge in [-0.15, -0.1) is 0 Å². The van der Waals surface area contributed by atoms with Crippen LogP contribution in [0.25, 0.3) is 0 Å². The van der Waals surface area contributed by atoms with Crippen LogP contribution >= 0.6 is 0 Å². The van der Waals surface area contributed by atoms with Gasteiger partial charge in [0.05, 0.1) is 12.5 Å². The number of hydrogen-bond donors (Lipinski definition) is 1. The molecule has 20 heavy (non-hydrogen) atoms. The van der Waals surface area contributed by atoms with Crippen LogP contribution in [0.1, 0.15) is 18.1 Å². The van der Waals surface area contributed by atoms with Crippen molar-refractivity contribution in [3.63, 3.8) is 0 Å². The highest BCUT2D eigenvalue weighted by Crippen LogP contribution is 2.34. The van der Waals surface area contributed by atoms with Crippen molar-refractivity contribution >= 4 is 5.97 Å². The maximum absolute atomic E-state index is 11.8. The number of carbonyl (C=O) groups is 1. The van der Waals surface area contributed by atoms with Crippen LogP contribution in [-0.2, 0) is 16.6 Å². The van der Waals surface area contributed by atoms with E-state index >= 15 is 0 Å². The van der Waals surface area contributed by atoms with Gasteiger partial charge in [-0.25, -0.2) is 0 Å². The van der Waals surface area contributed by atoms with Gasteiger partial charge in [0.1, 0.15) is 5.75 Å². The van der Waals surface area contributed by atoms with E-state index in [0.29, 0.717) is 17.7 Å². The summed E-state index contributed by atoms with van der Waals surface area (Å²) in [5.41, 5.74) is 0.552. The van der Waals surface area contributed by atoms with Gasteiger partial charge in [-0.05, 0) is 37.1 Å². The van der Waals surface area contributed by atoms with Gasteiger partial charge >= 0.3 is 5.97 Å². The molecule has 0 radical (unpaired) electrons. The van der Waals surface area contributed by atoms with Crippen LogP contribution in [0, 0.1) is 0 Å². The van der Waals surface area contributed by atoms with Crippen LogP contribution in [0.15, 0.2) is 48.8 Å². The SMILES string of the molecule is COc1ccccc1C(C)(Cc1ccncc1)C(=O)O. The van der Waals surface area contributed by atoms with Crippen molar-refractivity contribution in [1.29, 1.82) is 0 Å². The maximum Gasteiger partial charge on any atom is 0.314 e. The monoisotopic (exact) mass is 271 g/mol. The van der Waals surface area contributed by atoms with Crippen LogP contribution < -0.4 is 4.74 Å². The van der Waals surface area contributed by atoms with Gasteiger partial charge in [0.25, 0.3) is 0 Å². The fourth-order valence-electron chi connectivity index (χ4n) is 2.30. The Labute approximate surface area is 118 Å². The number of aromatic nitrogens is 1. The molecular formula is C16H17NO3. The van der Waals surface area contributed by atoms with Crippen LogP contribution in [0.5, 0.6) is 5.75 Å². The third kappa shape index (κ3) is 2.64. The van der Waals surface area contributed by atoms with E-state index in [4.69, 9.17) is 4.74 Å². The summed E-state index contributed by atoms with van der Waals surface area (Å²) in [6.07, 6.45) is 3.71. The lowest BCUT2D eigenvalue weighted by Crippen LogP contribution is -2.35. The van der Waals surface area contributed by atoms with Crippen molar-refractivity contribution in [2.24, 2.45) is 0 Å². The number of para-hydroxylation sites is 1. The summed E-state index contributed by atoms with van der Waals surface area (Å²) in [5.74, 6) is -0.287. The minimum Gasteiger partial charge on any atom is -0.496 e. The van der Waals surface area contributed by atoms with Crippen molar-refractivity contribution in [3.8, 4) is 5.75 Å². The molecule has 1 heterocycles. The first-order valence-electron chi connectivity index (χ1n) is 6.33. The number of benzene rings is 1. The summed E-state index contributed by atoms with van der Waals surface area (Å²) < 4.78 is 5.30. The van der Waals surface area contributed by atoms with E-state index in [1.54, 1.807) is 38.6 Å². The number of aliphatic carboxylic acids is 1. The number of pyridine rings is 1. The Morgan fingerprint density at radius 3 is 2.50 bits per heavy atom. The molecule has 1 N–H and O–H groups in total. The Morgan fingerprint density at radius 1 is 1.25 bits per heavy atom. The Hall–Kier alpha value is -2.36. The lowest BCUT2D eigenvalue weighted by Gasteiger charge is -2.27. The Morgan fingerprint density at radius 2 is 1.90 bits per heavy atom. The smallest absolute Gasteiger partial charge is 0.314 e. The molecule has 0 saturated carbocycles. The number of hydrogen-bond acceptors (Lipinski definition) is 3. The van der Waals surface area contributed by atoms with Crippen molar-refractivity contribution in [1.82, 2.24) is 4.98 Å². The highest BCUT2D eigenvalue weighted by Gasteiger charge is 2.37. The number of methoxy groups -OCH3 is 1. The van der Waals surface area contributed by atoms with Crippen molar-refractivity contribution in [2.75, 3.05) is 7.11 Å². The minimum absolute atomic E-state index is 0.380. The van der Waals surface area contributed by atoms with E-state index in [1.807, 2.05) is 24.3 Å². The molecule has 0 fully saturated rings. The Bertz CT molecular complexity index is 598. The predicted molar refractivity (Wildman–Crippen MR) is 75.9 cm³/mol. The average Bonchev–Trinajstić information content (AvgIpc) is 2.48. The summed E-state index contributed by atoms with van der Waals surface area (Å²) in [6, 6.07) is 10.9. The highest BCUT2D eigenvalue weighted by atomic mass is 16.5. The summed E-state index contributed by atoms with van der Waals surface area (Å²) in [7, 11) is 1.55. The molecule has 104 valence electrons. The lowest BCUT2D eigenvalue weighted by molar-refractivity contribution is -0.143. The second-order valence-electron chi connectivity index (χ2n) is 4.87. The standard InChI is InChI=1S/C16H17NO3/c1-16(15(18)19,11-12-7-9-17-10-8-12)13-5-3-4-6-14(13)20-2/h3-10H,11H2,1-2H3,(H,18,19). The van der Waals surface area contributed by atoms with Gasteiger partial charge in [-0.1, -0.05) is 18.2 Å². The number of ether oxygens (including phenoxy) is 1. The first-order chi connectivity index (χ1) is 9.58. The summed E-state index contributed by atoms with van der Waals surface area (Å²) in [6.45, 7) is 1.72. The minimum atomic E-state index is -1.05. The molecule has 1 unspecified atom stereocenters.